The predicted octanol–water partition coefficient (Wildman–Crippen LogP) is 3.23. The van der Waals surface area contributed by atoms with Gasteiger partial charge in [-0.1, -0.05) is 13.8 Å². The molecule has 120 valence electrons. The molecule has 6 heteroatoms. The number of fused-ring (bicyclic) bond motifs is 1. The van der Waals surface area contributed by atoms with E-state index in [-0.39, 0.29) is 17.6 Å². The normalized spacial score (nSPS) is 12.8. The standard InChI is InChI=1S/C16H22N2O3S/c1-6-11-8-12-14(22-11)17-10(5)18(15(12)19)13(7-2)16(20)21-9(3)4/h8-9,13H,6-7H2,1-5H3. The minimum Gasteiger partial charge on any atom is -0.461 e. The summed E-state index contributed by atoms with van der Waals surface area (Å²) < 4.78 is 6.75. The van der Waals surface area contributed by atoms with E-state index in [0.29, 0.717) is 17.6 Å². The lowest BCUT2D eigenvalue weighted by Gasteiger charge is -2.20. The summed E-state index contributed by atoms with van der Waals surface area (Å²) in [6.07, 6.45) is 1.15. The van der Waals surface area contributed by atoms with Gasteiger partial charge in [0, 0.05) is 4.88 Å². The van der Waals surface area contributed by atoms with E-state index in [1.165, 1.54) is 15.9 Å². The third kappa shape index (κ3) is 3.06. The Hall–Kier alpha value is -1.69. The summed E-state index contributed by atoms with van der Waals surface area (Å²) in [4.78, 5) is 31.4. The first-order valence-electron chi connectivity index (χ1n) is 7.61. The molecule has 1 unspecified atom stereocenters. The second kappa shape index (κ2) is 6.60. The van der Waals surface area contributed by atoms with Crippen molar-refractivity contribution in [2.45, 2.75) is 59.6 Å². The Balaban J connectivity index is 2.58. The van der Waals surface area contributed by atoms with E-state index in [2.05, 4.69) is 4.98 Å². The molecule has 0 spiro atoms. The number of aromatic nitrogens is 2. The van der Waals surface area contributed by atoms with Crippen LogP contribution in [0.15, 0.2) is 10.9 Å². The van der Waals surface area contributed by atoms with Crippen molar-refractivity contribution in [3.8, 4) is 0 Å². The number of nitrogens with zero attached hydrogens (tertiary/aromatic N) is 2. The van der Waals surface area contributed by atoms with E-state index in [1.54, 1.807) is 20.8 Å². The van der Waals surface area contributed by atoms with Crippen molar-refractivity contribution in [3.05, 3.63) is 27.1 Å². The molecular formula is C16H22N2O3S. The topological polar surface area (TPSA) is 61.2 Å². The third-order valence-electron chi connectivity index (χ3n) is 3.50. The fourth-order valence-electron chi connectivity index (χ4n) is 2.45. The van der Waals surface area contributed by atoms with Crippen LogP contribution in [0.4, 0.5) is 0 Å². The Kier molecular flexibility index (Phi) is 5.01. The van der Waals surface area contributed by atoms with Crippen molar-refractivity contribution in [1.82, 2.24) is 9.55 Å². The number of carbonyl (C=O) groups excluding carboxylic acids is 1. The molecule has 2 heterocycles. The van der Waals surface area contributed by atoms with E-state index in [1.807, 2.05) is 19.9 Å². The molecule has 0 amide bonds. The highest BCUT2D eigenvalue weighted by Crippen LogP contribution is 2.24. The van der Waals surface area contributed by atoms with Crippen LogP contribution in [0.2, 0.25) is 0 Å². The fraction of sp³-hybridized carbons (Fsp3) is 0.562. The smallest absolute Gasteiger partial charge is 0.329 e. The fourth-order valence-corrected chi connectivity index (χ4v) is 3.46. The number of ether oxygens (including phenoxy) is 1. The van der Waals surface area contributed by atoms with Crippen LogP contribution in [-0.2, 0) is 16.0 Å². The quantitative estimate of drug-likeness (QED) is 0.793. The minimum atomic E-state index is -0.628. The van der Waals surface area contributed by atoms with Crippen molar-refractivity contribution in [3.63, 3.8) is 0 Å². The molecule has 2 aromatic heterocycles. The summed E-state index contributed by atoms with van der Waals surface area (Å²) in [5, 5.41) is 0.586. The van der Waals surface area contributed by atoms with Crippen LogP contribution in [0.5, 0.6) is 0 Å². The maximum atomic E-state index is 12.8. The molecule has 1 atom stereocenters. The summed E-state index contributed by atoms with van der Waals surface area (Å²) in [5.74, 6) is 0.171. The van der Waals surface area contributed by atoms with Crippen molar-refractivity contribution >= 4 is 27.5 Å². The van der Waals surface area contributed by atoms with Gasteiger partial charge < -0.3 is 4.74 Å². The summed E-state index contributed by atoms with van der Waals surface area (Å²) >= 11 is 1.53. The molecule has 22 heavy (non-hydrogen) atoms. The Morgan fingerprint density at radius 1 is 1.41 bits per heavy atom. The summed E-state index contributed by atoms with van der Waals surface area (Å²) in [6.45, 7) is 9.28. The van der Waals surface area contributed by atoms with Crippen LogP contribution >= 0.6 is 11.3 Å². The Bertz CT molecular complexity index is 746. The van der Waals surface area contributed by atoms with Crippen LogP contribution in [0.3, 0.4) is 0 Å². The van der Waals surface area contributed by atoms with Gasteiger partial charge in [0.1, 0.15) is 16.7 Å². The monoisotopic (exact) mass is 322 g/mol. The summed E-state index contributed by atoms with van der Waals surface area (Å²) in [7, 11) is 0. The van der Waals surface area contributed by atoms with Gasteiger partial charge in [-0.05, 0) is 39.7 Å². The van der Waals surface area contributed by atoms with E-state index in [4.69, 9.17) is 4.74 Å². The van der Waals surface area contributed by atoms with Crippen LogP contribution in [-0.4, -0.2) is 21.6 Å². The first-order chi connectivity index (χ1) is 10.4. The largest absolute Gasteiger partial charge is 0.461 e. The first kappa shape index (κ1) is 16.7. The second-order valence-corrected chi connectivity index (χ2v) is 6.64. The molecule has 0 radical (unpaired) electrons. The molecule has 0 aromatic carbocycles. The number of carbonyl (C=O) groups is 1. The van der Waals surface area contributed by atoms with Crippen LogP contribution < -0.4 is 5.56 Å². The maximum absolute atomic E-state index is 12.8. The highest BCUT2D eigenvalue weighted by atomic mass is 32.1. The number of hydrogen-bond acceptors (Lipinski definition) is 5. The lowest BCUT2D eigenvalue weighted by molar-refractivity contribution is -0.151. The molecule has 0 aliphatic rings. The number of hydrogen-bond donors (Lipinski definition) is 0. The van der Waals surface area contributed by atoms with Gasteiger partial charge in [-0.15, -0.1) is 11.3 Å². The van der Waals surface area contributed by atoms with Crippen molar-refractivity contribution < 1.29 is 9.53 Å². The second-order valence-electron chi connectivity index (χ2n) is 5.53. The molecule has 2 rings (SSSR count). The molecule has 0 bridgehead atoms. The van der Waals surface area contributed by atoms with Gasteiger partial charge in [0.05, 0.1) is 11.5 Å². The van der Waals surface area contributed by atoms with Gasteiger partial charge in [0.25, 0.3) is 5.56 Å². The van der Waals surface area contributed by atoms with Gasteiger partial charge in [-0.3, -0.25) is 9.36 Å². The average Bonchev–Trinajstić information content (AvgIpc) is 2.85. The molecule has 0 fully saturated rings. The highest BCUT2D eigenvalue weighted by molar-refractivity contribution is 7.18. The molecular weight excluding hydrogens is 300 g/mol. The number of rotatable bonds is 5. The van der Waals surface area contributed by atoms with Gasteiger partial charge in [0.2, 0.25) is 0 Å². The van der Waals surface area contributed by atoms with Crippen LogP contribution in [0, 0.1) is 6.92 Å². The van der Waals surface area contributed by atoms with Crippen molar-refractivity contribution in [1.29, 1.82) is 0 Å². The molecule has 0 aliphatic carbocycles. The average molecular weight is 322 g/mol. The first-order valence-corrected chi connectivity index (χ1v) is 8.42. The van der Waals surface area contributed by atoms with Gasteiger partial charge in [-0.25, -0.2) is 9.78 Å². The van der Waals surface area contributed by atoms with Crippen LogP contribution in [0.1, 0.15) is 50.9 Å². The van der Waals surface area contributed by atoms with E-state index in [0.717, 1.165) is 16.1 Å². The molecule has 0 N–H and O–H groups in total. The van der Waals surface area contributed by atoms with Gasteiger partial charge in [0.15, 0.2) is 0 Å². The van der Waals surface area contributed by atoms with E-state index in [9.17, 15) is 9.59 Å². The lowest BCUT2D eigenvalue weighted by Crippen LogP contribution is -2.33. The minimum absolute atomic E-state index is 0.161. The molecule has 0 saturated carbocycles. The third-order valence-corrected chi connectivity index (χ3v) is 4.67. The zero-order valence-corrected chi connectivity index (χ0v) is 14.5. The zero-order valence-electron chi connectivity index (χ0n) is 13.7. The number of aryl methyl sites for hydroxylation is 2. The number of esters is 1. The van der Waals surface area contributed by atoms with Crippen molar-refractivity contribution in [2.24, 2.45) is 0 Å². The Morgan fingerprint density at radius 2 is 2.09 bits per heavy atom. The summed E-state index contributed by atoms with van der Waals surface area (Å²) in [6, 6.07) is 1.25. The maximum Gasteiger partial charge on any atom is 0.329 e. The predicted molar refractivity (Wildman–Crippen MR) is 88.6 cm³/mol. The molecule has 5 nitrogen and oxygen atoms in total. The van der Waals surface area contributed by atoms with E-state index >= 15 is 0 Å². The van der Waals surface area contributed by atoms with Crippen molar-refractivity contribution in [2.75, 3.05) is 0 Å². The molecule has 0 saturated heterocycles. The SMILES string of the molecule is CCc1cc2c(=O)n(C(CC)C(=O)OC(C)C)c(C)nc2s1. The molecule has 0 aliphatic heterocycles. The lowest BCUT2D eigenvalue weighted by atomic mass is 10.2. The summed E-state index contributed by atoms with van der Waals surface area (Å²) in [5.41, 5.74) is -0.161. The Labute approximate surface area is 133 Å². The van der Waals surface area contributed by atoms with Gasteiger partial charge in [-0.2, -0.15) is 0 Å². The highest BCUT2D eigenvalue weighted by Gasteiger charge is 2.25. The molecule has 2 aromatic rings. The van der Waals surface area contributed by atoms with Gasteiger partial charge >= 0.3 is 5.97 Å². The number of thiophene rings is 1. The van der Waals surface area contributed by atoms with E-state index < -0.39 is 6.04 Å². The van der Waals surface area contributed by atoms with Crippen LogP contribution in [0.25, 0.3) is 10.2 Å². The Morgan fingerprint density at radius 3 is 2.64 bits per heavy atom. The zero-order chi connectivity index (χ0) is 16.4.